The molecule has 0 aliphatic heterocycles. The molecule has 1 heterocycles. The Kier molecular flexibility index (Phi) is 4.19. The minimum atomic E-state index is -0.379. The molecule has 1 aromatic carbocycles. The molecule has 2 aromatic rings. The van der Waals surface area contributed by atoms with Gasteiger partial charge in [-0.25, -0.2) is 0 Å². The van der Waals surface area contributed by atoms with Crippen LogP contribution in [0, 0.1) is 0 Å². The number of likely N-dealkylation sites (N-methyl/N-ethyl adjacent to an activating group) is 1. The van der Waals surface area contributed by atoms with Crippen LogP contribution in [-0.2, 0) is 0 Å². The number of aliphatic hydroxyl groups excluding tert-OH is 1. The van der Waals surface area contributed by atoms with Crippen LogP contribution < -0.4 is 10.5 Å². The number of nitrogens with zero attached hydrogens (tertiary/aromatic N) is 3. The molecule has 1 N–H and O–H groups in total. The number of halogens is 1. The smallest absolute Gasteiger partial charge is 0.292 e. The molecule has 2 rings (SSSR count). The second-order valence-electron chi connectivity index (χ2n) is 4.04. The van der Waals surface area contributed by atoms with Crippen molar-refractivity contribution in [1.82, 2.24) is 9.78 Å². The third-order valence-electron chi connectivity index (χ3n) is 2.75. The second kappa shape index (κ2) is 5.86. The monoisotopic (exact) mass is 279 g/mol. The Morgan fingerprint density at radius 1 is 1.37 bits per heavy atom. The lowest BCUT2D eigenvalue weighted by atomic mass is 10.3. The zero-order chi connectivity index (χ0) is 13.8. The van der Waals surface area contributed by atoms with Crippen molar-refractivity contribution >= 4 is 17.3 Å². The van der Waals surface area contributed by atoms with Gasteiger partial charge in [0.2, 0.25) is 0 Å². The zero-order valence-corrected chi connectivity index (χ0v) is 11.2. The van der Waals surface area contributed by atoms with Crippen molar-refractivity contribution in [3.63, 3.8) is 0 Å². The van der Waals surface area contributed by atoms with E-state index in [4.69, 9.17) is 16.7 Å². The van der Waals surface area contributed by atoms with E-state index in [1.807, 2.05) is 18.2 Å². The Morgan fingerprint density at radius 2 is 2.05 bits per heavy atom. The topological polar surface area (TPSA) is 58.4 Å². The fraction of sp³-hybridized carbons (Fsp3) is 0.231. The third-order valence-corrected chi connectivity index (χ3v) is 3.10. The molecule has 0 atom stereocenters. The molecule has 5 nitrogen and oxygen atoms in total. The number of aliphatic hydroxyl groups is 1. The van der Waals surface area contributed by atoms with E-state index in [2.05, 4.69) is 5.10 Å². The molecule has 1 aromatic heterocycles. The number of hydrogen-bond donors (Lipinski definition) is 1. The van der Waals surface area contributed by atoms with E-state index in [0.29, 0.717) is 17.9 Å². The second-order valence-corrected chi connectivity index (χ2v) is 4.42. The summed E-state index contributed by atoms with van der Waals surface area (Å²) in [6.45, 7) is 0.366. The number of rotatable bonds is 4. The molecule has 0 saturated heterocycles. The quantitative estimate of drug-likeness (QED) is 0.917. The van der Waals surface area contributed by atoms with Crippen LogP contribution in [0.1, 0.15) is 0 Å². The number of hydrogen-bond acceptors (Lipinski definition) is 4. The van der Waals surface area contributed by atoms with Crippen LogP contribution in [0.5, 0.6) is 0 Å². The summed E-state index contributed by atoms with van der Waals surface area (Å²) in [6.07, 6.45) is 1.52. The summed E-state index contributed by atoms with van der Waals surface area (Å²) in [5.41, 5.74) is 0.786. The van der Waals surface area contributed by atoms with Gasteiger partial charge in [0.05, 0.1) is 24.2 Å². The highest BCUT2D eigenvalue weighted by Crippen LogP contribution is 2.19. The van der Waals surface area contributed by atoms with Crippen LogP contribution in [0.15, 0.2) is 41.3 Å². The van der Waals surface area contributed by atoms with Crippen LogP contribution in [-0.4, -0.2) is 35.1 Å². The van der Waals surface area contributed by atoms with Gasteiger partial charge in [-0.15, -0.1) is 0 Å². The highest BCUT2D eigenvalue weighted by atomic mass is 35.5. The lowest BCUT2D eigenvalue weighted by molar-refractivity contribution is 0.304. The zero-order valence-electron chi connectivity index (χ0n) is 10.5. The Balaban J connectivity index is 2.47. The first kappa shape index (κ1) is 13.6. The highest BCUT2D eigenvalue weighted by Gasteiger charge is 2.13. The lowest BCUT2D eigenvalue weighted by Crippen LogP contribution is -2.27. The SMILES string of the molecule is CN(CCO)c1cnn(-c2ccccc2)c(=O)c1Cl. The molecule has 0 fully saturated rings. The summed E-state index contributed by atoms with van der Waals surface area (Å²) in [7, 11) is 1.74. The molecule has 0 spiro atoms. The van der Waals surface area contributed by atoms with Crippen LogP contribution in [0.2, 0.25) is 5.02 Å². The Bertz CT molecular complexity index is 613. The maximum atomic E-state index is 12.2. The van der Waals surface area contributed by atoms with E-state index in [0.717, 1.165) is 0 Å². The molecule has 19 heavy (non-hydrogen) atoms. The number of para-hydroxylation sites is 1. The lowest BCUT2D eigenvalue weighted by Gasteiger charge is -2.19. The summed E-state index contributed by atoms with van der Waals surface area (Å²) in [5.74, 6) is 0. The van der Waals surface area contributed by atoms with Crippen molar-refractivity contribution in [3.8, 4) is 5.69 Å². The molecule has 0 amide bonds. The van der Waals surface area contributed by atoms with E-state index >= 15 is 0 Å². The fourth-order valence-corrected chi connectivity index (χ4v) is 1.99. The van der Waals surface area contributed by atoms with E-state index in [1.165, 1.54) is 10.9 Å². The Hall–Kier alpha value is -1.85. The van der Waals surface area contributed by atoms with Gasteiger partial charge in [-0.05, 0) is 12.1 Å². The van der Waals surface area contributed by atoms with Crippen molar-refractivity contribution in [2.75, 3.05) is 25.1 Å². The van der Waals surface area contributed by atoms with Gasteiger partial charge in [0.1, 0.15) is 5.02 Å². The summed E-state index contributed by atoms with van der Waals surface area (Å²) in [5, 5.41) is 13.1. The minimum absolute atomic E-state index is 0.0192. The number of benzene rings is 1. The predicted octanol–water partition coefficient (Wildman–Crippen LogP) is 1.31. The van der Waals surface area contributed by atoms with Crippen molar-refractivity contribution < 1.29 is 5.11 Å². The third kappa shape index (κ3) is 2.77. The number of aromatic nitrogens is 2. The maximum Gasteiger partial charge on any atom is 0.292 e. The summed E-state index contributed by atoms with van der Waals surface area (Å²) in [4.78, 5) is 13.9. The van der Waals surface area contributed by atoms with E-state index in [-0.39, 0.29) is 17.2 Å². The van der Waals surface area contributed by atoms with E-state index < -0.39 is 0 Å². The molecule has 100 valence electrons. The van der Waals surface area contributed by atoms with E-state index in [9.17, 15) is 4.79 Å². The average Bonchev–Trinajstić information content (AvgIpc) is 2.43. The van der Waals surface area contributed by atoms with Crippen molar-refractivity contribution in [2.45, 2.75) is 0 Å². The standard InChI is InChI=1S/C13H14ClN3O2/c1-16(7-8-18)11-9-15-17(13(19)12(11)14)10-5-3-2-4-6-10/h2-6,9,18H,7-8H2,1H3. The highest BCUT2D eigenvalue weighted by molar-refractivity contribution is 6.33. The van der Waals surface area contributed by atoms with Crippen LogP contribution in [0.3, 0.4) is 0 Å². The Morgan fingerprint density at radius 3 is 2.68 bits per heavy atom. The molecule has 0 radical (unpaired) electrons. The molecule has 0 aliphatic carbocycles. The largest absolute Gasteiger partial charge is 0.395 e. The van der Waals surface area contributed by atoms with Gasteiger partial charge in [-0.1, -0.05) is 29.8 Å². The summed E-state index contributed by atoms with van der Waals surface area (Å²) >= 11 is 6.08. The summed E-state index contributed by atoms with van der Waals surface area (Å²) in [6, 6.07) is 9.07. The van der Waals surface area contributed by atoms with Gasteiger partial charge in [0.25, 0.3) is 5.56 Å². The van der Waals surface area contributed by atoms with Crippen LogP contribution in [0.25, 0.3) is 5.69 Å². The molecular weight excluding hydrogens is 266 g/mol. The number of anilines is 1. The predicted molar refractivity (Wildman–Crippen MR) is 75.2 cm³/mol. The van der Waals surface area contributed by atoms with Crippen LogP contribution >= 0.6 is 11.6 Å². The van der Waals surface area contributed by atoms with E-state index in [1.54, 1.807) is 24.1 Å². The van der Waals surface area contributed by atoms with Gasteiger partial charge >= 0.3 is 0 Å². The molecule has 0 saturated carbocycles. The van der Waals surface area contributed by atoms with Gasteiger partial charge in [0, 0.05) is 13.6 Å². The van der Waals surface area contributed by atoms with Crippen molar-refractivity contribution in [1.29, 1.82) is 0 Å². The summed E-state index contributed by atoms with van der Waals surface area (Å²) < 4.78 is 1.25. The van der Waals surface area contributed by atoms with Gasteiger partial charge in [-0.3, -0.25) is 4.79 Å². The van der Waals surface area contributed by atoms with Crippen molar-refractivity contribution in [2.24, 2.45) is 0 Å². The van der Waals surface area contributed by atoms with Gasteiger partial charge < -0.3 is 10.0 Å². The first-order valence-corrected chi connectivity index (χ1v) is 6.18. The maximum absolute atomic E-state index is 12.2. The Labute approximate surface area is 115 Å². The first-order chi connectivity index (χ1) is 9.15. The molecule has 0 unspecified atom stereocenters. The molecule has 6 heteroatoms. The fourth-order valence-electron chi connectivity index (χ4n) is 1.71. The van der Waals surface area contributed by atoms with Crippen LogP contribution in [0.4, 0.5) is 5.69 Å². The average molecular weight is 280 g/mol. The minimum Gasteiger partial charge on any atom is -0.395 e. The van der Waals surface area contributed by atoms with Crippen molar-refractivity contribution in [3.05, 3.63) is 51.9 Å². The molecular formula is C13H14ClN3O2. The molecule has 0 aliphatic rings. The van der Waals surface area contributed by atoms with Gasteiger partial charge in [-0.2, -0.15) is 9.78 Å². The molecule has 0 bridgehead atoms. The van der Waals surface area contributed by atoms with Gasteiger partial charge in [0.15, 0.2) is 0 Å². The normalized spacial score (nSPS) is 10.5. The first-order valence-electron chi connectivity index (χ1n) is 5.80.